The van der Waals surface area contributed by atoms with Gasteiger partial charge in [-0.1, -0.05) is 40.9 Å². The maximum Gasteiger partial charge on any atom is 0.0781 e. The van der Waals surface area contributed by atoms with Gasteiger partial charge in [-0.15, -0.1) is 0 Å². The third kappa shape index (κ3) is 4.31. The lowest BCUT2D eigenvalue weighted by Gasteiger charge is -2.23. The van der Waals surface area contributed by atoms with Gasteiger partial charge < -0.3 is 10.4 Å². The Balaban J connectivity index is 2.83. The molecule has 0 saturated carbocycles. The molecule has 1 aromatic carbocycles. The summed E-state index contributed by atoms with van der Waals surface area (Å²) in [4.78, 5) is 0. The number of aliphatic hydroxyl groups is 1. The van der Waals surface area contributed by atoms with Gasteiger partial charge in [0, 0.05) is 12.6 Å². The van der Waals surface area contributed by atoms with Crippen molar-refractivity contribution in [1.82, 2.24) is 5.32 Å². The van der Waals surface area contributed by atoms with Crippen molar-refractivity contribution in [2.24, 2.45) is 0 Å². The second-order valence-electron chi connectivity index (χ2n) is 4.68. The highest BCUT2D eigenvalue weighted by atomic mass is 35.5. The average Bonchev–Trinajstić information content (AvgIpc) is 2.22. The molecule has 17 heavy (non-hydrogen) atoms. The summed E-state index contributed by atoms with van der Waals surface area (Å²) in [5.41, 5.74) is 0.0991. The van der Waals surface area contributed by atoms with Gasteiger partial charge in [0.1, 0.15) is 0 Å². The largest absolute Gasteiger partial charge is 0.389 e. The van der Waals surface area contributed by atoms with Crippen LogP contribution in [0.15, 0.2) is 12.1 Å². The molecule has 0 aliphatic rings. The molecule has 0 spiro atoms. The zero-order valence-corrected chi connectivity index (χ0v) is 12.3. The van der Waals surface area contributed by atoms with E-state index in [9.17, 15) is 5.11 Å². The van der Waals surface area contributed by atoms with Crippen molar-refractivity contribution in [1.29, 1.82) is 0 Å². The van der Waals surface area contributed by atoms with Crippen LogP contribution in [0.1, 0.15) is 32.4 Å². The number of nitrogens with one attached hydrogen (secondary N) is 1. The maximum absolute atomic E-state index is 9.64. The van der Waals surface area contributed by atoms with Crippen LogP contribution in [0.5, 0.6) is 0 Å². The molecule has 0 heterocycles. The van der Waals surface area contributed by atoms with Gasteiger partial charge in [-0.25, -0.2) is 0 Å². The van der Waals surface area contributed by atoms with Crippen LogP contribution in [0.25, 0.3) is 0 Å². The average molecular weight is 297 g/mol. The molecule has 0 bridgehead atoms. The number of hydrogen-bond donors (Lipinski definition) is 2. The summed E-state index contributed by atoms with van der Waals surface area (Å²) >= 11 is 18.0. The standard InChI is InChI=1S/C12H16Cl3NO/c1-7(16-6-12(2,3)17)8-4-5-9(13)11(15)10(8)14/h4-5,7,16-17H,6H2,1-3H3. The third-order valence-corrected chi connectivity index (χ3v) is 3.68. The molecular formula is C12H16Cl3NO. The molecule has 96 valence electrons. The van der Waals surface area contributed by atoms with E-state index in [2.05, 4.69) is 5.32 Å². The van der Waals surface area contributed by atoms with Crippen LogP contribution >= 0.6 is 34.8 Å². The Hall–Kier alpha value is 0.01000. The minimum atomic E-state index is -0.767. The first-order valence-corrected chi connectivity index (χ1v) is 6.45. The Morgan fingerprint density at radius 1 is 1.24 bits per heavy atom. The Kier molecular flexibility index (Phi) is 5.11. The molecule has 1 unspecified atom stereocenters. The monoisotopic (exact) mass is 295 g/mol. The number of hydrogen-bond acceptors (Lipinski definition) is 2. The van der Waals surface area contributed by atoms with Crippen molar-refractivity contribution in [2.45, 2.75) is 32.4 Å². The molecule has 0 saturated heterocycles. The Morgan fingerprint density at radius 2 is 1.82 bits per heavy atom. The van der Waals surface area contributed by atoms with Crippen LogP contribution in [-0.4, -0.2) is 17.3 Å². The lowest BCUT2D eigenvalue weighted by molar-refractivity contribution is 0.0770. The molecule has 2 N–H and O–H groups in total. The molecule has 0 fully saturated rings. The smallest absolute Gasteiger partial charge is 0.0781 e. The van der Waals surface area contributed by atoms with Crippen molar-refractivity contribution in [3.8, 4) is 0 Å². The van der Waals surface area contributed by atoms with Gasteiger partial charge in [-0.2, -0.15) is 0 Å². The van der Waals surface area contributed by atoms with Crippen LogP contribution in [0.4, 0.5) is 0 Å². The van der Waals surface area contributed by atoms with Gasteiger partial charge in [0.25, 0.3) is 0 Å². The summed E-state index contributed by atoms with van der Waals surface area (Å²) in [6.07, 6.45) is 0. The summed E-state index contributed by atoms with van der Waals surface area (Å²) in [6, 6.07) is 3.54. The van der Waals surface area contributed by atoms with E-state index in [0.717, 1.165) is 5.56 Å². The molecule has 1 aromatic rings. The molecule has 0 amide bonds. The molecule has 0 aliphatic heterocycles. The normalized spacial score (nSPS) is 13.8. The van der Waals surface area contributed by atoms with E-state index < -0.39 is 5.60 Å². The Morgan fingerprint density at radius 3 is 2.35 bits per heavy atom. The molecule has 5 heteroatoms. The van der Waals surface area contributed by atoms with Crippen molar-refractivity contribution in [3.05, 3.63) is 32.8 Å². The molecule has 1 rings (SSSR count). The molecule has 0 aliphatic carbocycles. The van der Waals surface area contributed by atoms with Crippen LogP contribution < -0.4 is 5.32 Å². The fourth-order valence-electron chi connectivity index (χ4n) is 1.39. The summed E-state index contributed by atoms with van der Waals surface area (Å²) < 4.78 is 0. The highest BCUT2D eigenvalue weighted by Gasteiger charge is 2.17. The van der Waals surface area contributed by atoms with Crippen molar-refractivity contribution >= 4 is 34.8 Å². The maximum atomic E-state index is 9.64. The van der Waals surface area contributed by atoms with Crippen molar-refractivity contribution in [2.75, 3.05) is 6.54 Å². The van der Waals surface area contributed by atoms with E-state index in [-0.39, 0.29) is 6.04 Å². The second-order valence-corrected chi connectivity index (χ2v) is 5.84. The van der Waals surface area contributed by atoms with Crippen molar-refractivity contribution < 1.29 is 5.11 Å². The third-order valence-electron chi connectivity index (χ3n) is 2.37. The molecule has 1 atom stereocenters. The van der Waals surface area contributed by atoms with Gasteiger partial charge in [-0.05, 0) is 32.4 Å². The molecule has 0 aromatic heterocycles. The summed E-state index contributed by atoms with van der Waals surface area (Å²) in [5.74, 6) is 0. The van der Waals surface area contributed by atoms with E-state index in [0.29, 0.717) is 21.6 Å². The number of halogens is 3. The van der Waals surface area contributed by atoms with E-state index in [4.69, 9.17) is 34.8 Å². The van der Waals surface area contributed by atoms with Gasteiger partial charge in [-0.3, -0.25) is 0 Å². The highest BCUT2D eigenvalue weighted by molar-refractivity contribution is 6.48. The topological polar surface area (TPSA) is 32.3 Å². The first kappa shape index (κ1) is 15.1. The Bertz CT molecular complexity index is 401. The van der Waals surface area contributed by atoms with Gasteiger partial charge in [0.05, 0.1) is 20.7 Å². The molecular weight excluding hydrogens is 280 g/mol. The number of rotatable bonds is 4. The van der Waals surface area contributed by atoms with Crippen molar-refractivity contribution in [3.63, 3.8) is 0 Å². The van der Waals surface area contributed by atoms with Gasteiger partial charge in [0.2, 0.25) is 0 Å². The predicted molar refractivity (Wildman–Crippen MR) is 74.2 cm³/mol. The zero-order valence-electron chi connectivity index (χ0n) is 10.0. The predicted octanol–water partition coefficient (Wildman–Crippen LogP) is 4.07. The first-order chi connectivity index (χ1) is 7.72. The quantitative estimate of drug-likeness (QED) is 0.821. The minimum Gasteiger partial charge on any atom is -0.389 e. The summed E-state index contributed by atoms with van der Waals surface area (Å²) in [5, 5.41) is 14.1. The van der Waals surface area contributed by atoms with Crippen LogP contribution in [-0.2, 0) is 0 Å². The summed E-state index contributed by atoms with van der Waals surface area (Å²) in [6.45, 7) is 5.90. The SMILES string of the molecule is CC(NCC(C)(C)O)c1ccc(Cl)c(Cl)c1Cl. The van der Waals surface area contributed by atoms with E-state index >= 15 is 0 Å². The molecule has 0 radical (unpaired) electrons. The zero-order chi connectivity index (χ0) is 13.2. The van der Waals surface area contributed by atoms with Gasteiger partial charge >= 0.3 is 0 Å². The highest BCUT2D eigenvalue weighted by Crippen LogP contribution is 2.35. The lowest BCUT2D eigenvalue weighted by atomic mass is 10.1. The Labute approximate surface area is 117 Å². The van der Waals surface area contributed by atoms with E-state index in [1.807, 2.05) is 13.0 Å². The van der Waals surface area contributed by atoms with Crippen LogP contribution in [0.3, 0.4) is 0 Å². The van der Waals surface area contributed by atoms with E-state index in [1.54, 1.807) is 19.9 Å². The first-order valence-electron chi connectivity index (χ1n) is 5.31. The van der Waals surface area contributed by atoms with E-state index in [1.165, 1.54) is 0 Å². The lowest BCUT2D eigenvalue weighted by Crippen LogP contribution is -2.36. The number of benzene rings is 1. The second kappa shape index (κ2) is 5.77. The summed E-state index contributed by atoms with van der Waals surface area (Å²) in [7, 11) is 0. The minimum absolute atomic E-state index is 0.0105. The molecule has 2 nitrogen and oxygen atoms in total. The fraction of sp³-hybridized carbons (Fsp3) is 0.500. The van der Waals surface area contributed by atoms with Gasteiger partial charge in [0.15, 0.2) is 0 Å². The fourth-order valence-corrected chi connectivity index (χ4v) is 2.09. The van der Waals surface area contributed by atoms with Crippen LogP contribution in [0, 0.1) is 0 Å². The van der Waals surface area contributed by atoms with Crippen LogP contribution in [0.2, 0.25) is 15.1 Å².